The highest BCUT2D eigenvalue weighted by molar-refractivity contribution is 5.23. The minimum atomic E-state index is -0.427. The van der Waals surface area contributed by atoms with Crippen LogP contribution in [0.3, 0.4) is 0 Å². The van der Waals surface area contributed by atoms with E-state index in [-0.39, 0.29) is 6.04 Å². The number of aliphatic hydroxyl groups excluding tert-OH is 1. The van der Waals surface area contributed by atoms with E-state index in [0.29, 0.717) is 19.3 Å². The molecule has 2 unspecified atom stereocenters. The van der Waals surface area contributed by atoms with Crippen LogP contribution in [0, 0.1) is 6.92 Å². The van der Waals surface area contributed by atoms with E-state index in [1.165, 1.54) is 24.0 Å². The van der Waals surface area contributed by atoms with Crippen molar-refractivity contribution in [2.45, 2.75) is 57.8 Å². The summed E-state index contributed by atoms with van der Waals surface area (Å²) in [6.45, 7) is 5.22. The van der Waals surface area contributed by atoms with Gasteiger partial charge in [-0.3, -0.25) is 0 Å². The summed E-state index contributed by atoms with van der Waals surface area (Å²) in [4.78, 5) is 0. The summed E-state index contributed by atoms with van der Waals surface area (Å²) in [7, 11) is 0. The van der Waals surface area contributed by atoms with Gasteiger partial charge in [0.2, 0.25) is 0 Å². The number of benzene rings is 1. The van der Waals surface area contributed by atoms with Gasteiger partial charge >= 0.3 is 0 Å². The first-order chi connectivity index (χ1) is 9.65. The van der Waals surface area contributed by atoms with Crippen LogP contribution in [0.15, 0.2) is 24.3 Å². The molecule has 0 saturated heterocycles. The van der Waals surface area contributed by atoms with Crippen LogP contribution >= 0.6 is 0 Å². The van der Waals surface area contributed by atoms with Crippen molar-refractivity contribution in [3.63, 3.8) is 0 Å². The smallest absolute Gasteiger partial charge is 0.0898 e. The molecule has 0 bridgehead atoms. The lowest BCUT2D eigenvalue weighted by molar-refractivity contribution is -0.00610. The van der Waals surface area contributed by atoms with Gasteiger partial charge in [0.15, 0.2) is 0 Å². The van der Waals surface area contributed by atoms with E-state index in [9.17, 15) is 5.11 Å². The molecule has 2 atom stereocenters. The summed E-state index contributed by atoms with van der Waals surface area (Å²) in [5.41, 5.74) is 2.52. The summed E-state index contributed by atoms with van der Waals surface area (Å²) in [6, 6.07) is 8.75. The van der Waals surface area contributed by atoms with Crippen molar-refractivity contribution in [3.05, 3.63) is 35.4 Å². The maximum Gasteiger partial charge on any atom is 0.0898 e. The standard InChI is InChI=1S/C17H27NO2/c1-13-7-9-15(10-8-13)14(2)18-11-16(19)12-20-17-5-3-4-6-17/h7-10,14,16-19H,3-6,11-12H2,1-2H3. The third-order valence-electron chi connectivity index (χ3n) is 4.06. The Kier molecular flexibility index (Phi) is 6.02. The van der Waals surface area contributed by atoms with Gasteiger partial charge in [0.25, 0.3) is 0 Å². The molecular weight excluding hydrogens is 250 g/mol. The van der Waals surface area contributed by atoms with Crippen LogP contribution in [0.25, 0.3) is 0 Å². The van der Waals surface area contributed by atoms with E-state index in [0.717, 1.165) is 12.8 Å². The Morgan fingerprint density at radius 1 is 1.25 bits per heavy atom. The van der Waals surface area contributed by atoms with E-state index in [4.69, 9.17) is 4.74 Å². The molecule has 2 rings (SSSR count). The SMILES string of the molecule is Cc1ccc(C(C)NCC(O)COC2CCCC2)cc1. The topological polar surface area (TPSA) is 41.5 Å². The van der Waals surface area contributed by atoms with Gasteiger partial charge in [-0.15, -0.1) is 0 Å². The zero-order chi connectivity index (χ0) is 14.4. The predicted molar refractivity (Wildman–Crippen MR) is 81.8 cm³/mol. The summed E-state index contributed by atoms with van der Waals surface area (Å²) in [5.74, 6) is 0. The molecule has 0 aromatic heterocycles. The lowest BCUT2D eigenvalue weighted by Crippen LogP contribution is -2.33. The molecule has 1 aromatic carbocycles. The molecule has 1 aliphatic rings. The van der Waals surface area contributed by atoms with Crippen LogP contribution in [-0.2, 0) is 4.74 Å². The van der Waals surface area contributed by atoms with Gasteiger partial charge in [-0.05, 0) is 32.3 Å². The molecule has 1 aliphatic carbocycles. The summed E-state index contributed by atoms with van der Waals surface area (Å²) in [5, 5.41) is 13.3. The van der Waals surface area contributed by atoms with Crippen LogP contribution in [-0.4, -0.2) is 30.5 Å². The Hall–Kier alpha value is -0.900. The summed E-state index contributed by atoms with van der Waals surface area (Å²) < 4.78 is 5.73. The molecule has 1 fully saturated rings. The van der Waals surface area contributed by atoms with Crippen molar-refractivity contribution in [3.8, 4) is 0 Å². The molecule has 0 amide bonds. The first-order valence-corrected chi connectivity index (χ1v) is 7.75. The van der Waals surface area contributed by atoms with E-state index in [1.807, 2.05) is 0 Å². The number of aryl methyl sites for hydroxylation is 1. The van der Waals surface area contributed by atoms with Crippen molar-refractivity contribution in [2.24, 2.45) is 0 Å². The van der Waals surface area contributed by atoms with Crippen molar-refractivity contribution < 1.29 is 9.84 Å². The Morgan fingerprint density at radius 3 is 2.55 bits per heavy atom. The molecule has 1 saturated carbocycles. The zero-order valence-electron chi connectivity index (χ0n) is 12.6. The largest absolute Gasteiger partial charge is 0.389 e. The van der Waals surface area contributed by atoms with Crippen molar-refractivity contribution in [2.75, 3.05) is 13.2 Å². The molecule has 0 aliphatic heterocycles. The molecule has 0 heterocycles. The maximum absolute atomic E-state index is 9.96. The number of aliphatic hydroxyl groups is 1. The predicted octanol–water partition coefficient (Wildman–Crippen LogP) is 2.97. The number of hydrogen-bond donors (Lipinski definition) is 2. The second-order valence-corrected chi connectivity index (χ2v) is 5.93. The van der Waals surface area contributed by atoms with Crippen LogP contribution in [0.2, 0.25) is 0 Å². The van der Waals surface area contributed by atoms with Crippen molar-refractivity contribution >= 4 is 0 Å². The third kappa shape index (κ3) is 4.89. The molecule has 3 heteroatoms. The molecule has 0 spiro atoms. The minimum absolute atomic E-state index is 0.247. The average molecular weight is 277 g/mol. The maximum atomic E-state index is 9.96. The second kappa shape index (κ2) is 7.77. The molecule has 2 N–H and O–H groups in total. The van der Waals surface area contributed by atoms with E-state index in [2.05, 4.69) is 43.4 Å². The average Bonchev–Trinajstić information content (AvgIpc) is 2.96. The van der Waals surface area contributed by atoms with Gasteiger partial charge < -0.3 is 15.2 Å². The highest BCUT2D eigenvalue weighted by Crippen LogP contribution is 2.21. The molecule has 1 aromatic rings. The molecule has 112 valence electrons. The molecular formula is C17H27NO2. The molecule has 0 radical (unpaired) electrons. The number of hydrogen-bond acceptors (Lipinski definition) is 3. The Morgan fingerprint density at radius 2 is 1.90 bits per heavy atom. The first-order valence-electron chi connectivity index (χ1n) is 7.75. The van der Waals surface area contributed by atoms with Crippen molar-refractivity contribution in [1.29, 1.82) is 0 Å². The fourth-order valence-electron chi connectivity index (χ4n) is 2.65. The van der Waals surface area contributed by atoms with E-state index >= 15 is 0 Å². The van der Waals surface area contributed by atoms with Crippen LogP contribution in [0.5, 0.6) is 0 Å². The van der Waals surface area contributed by atoms with Gasteiger partial charge in [0.05, 0.1) is 18.8 Å². The Bertz CT molecular complexity index is 384. The van der Waals surface area contributed by atoms with E-state index in [1.54, 1.807) is 0 Å². The van der Waals surface area contributed by atoms with Gasteiger partial charge in [0, 0.05) is 12.6 Å². The highest BCUT2D eigenvalue weighted by Gasteiger charge is 2.17. The summed E-state index contributed by atoms with van der Waals surface area (Å²) >= 11 is 0. The third-order valence-corrected chi connectivity index (χ3v) is 4.06. The number of ether oxygens (including phenoxy) is 1. The van der Waals surface area contributed by atoms with Crippen LogP contribution in [0.1, 0.15) is 49.8 Å². The quantitative estimate of drug-likeness (QED) is 0.805. The fraction of sp³-hybridized carbons (Fsp3) is 0.647. The highest BCUT2D eigenvalue weighted by atomic mass is 16.5. The Balaban J connectivity index is 1.66. The molecule has 3 nitrogen and oxygen atoms in total. The molecule has 20 heavy (non-hydrogen) atoms. The van der Waals surface area contributed by atoms with Gasteiger partial charge in [-0.25, -0.2) is 0 Å². The number of rotatable bonds is 7. The minimum Gasteiger partial charge on any atom is -0.389 e. The van der Waals surface area contributed by atoms with Gasteiger partial charge in [-0.1, -0.05) is 42.7 Å². The van der Waals surface area contributed by atoms with Gasteiger partial charge in [-0.2, -0.15) is 0 Å². The first kappa shape index (κ1) is 15.5. The van der Waals surface area contributed by atoms with Crippen LogP contribution < -0.4 is 5.32 Å². The number of nitrogens with one attached hydrogen (secondary N) is 1. The fourth-order valence-corrected chi connectivity index (χ4v) is 2.65. The van der Waals surface area contributed by atoms with Gasteiger partial charge in [0.1, 0.15) is 0 Å². The van der Waals surface area contributed by atoms with Crippen LogP contribution in [0.4, 0.5) is 0 Å². The Labute approximate surface area is 122 Å². The summed E-state index contributed by atoms with van der Waals surface area (Å²) in [6.07, 6.45) is 4.79. The normalized spacial score (nSPS) is 19.1. The lowest BCUT2D eigenvalue weighted by Gasteiger charge is -2.19. The lowest BCUT2D eigenvalue weighted by atomic mass is 10.1. The van der Waals surface area contributed by atoms with Crippen molar-refractivity contribution in [1.82, 2.24) is 5.32 Å². The zero-order valence-corrected chi connectivity index (χ0v) is 12.6. The van der Waals surface area contributed by atoms with E-state index < -0.39 is 6.10 Å². The second-order valence-electron chi connectivity index (χ2n) is 5.93. The monoisotopic (exact) mass is 277 g/mol.